The summed E-state index contributed by atoms with van der Waals surface area (Å²) in [6.45, 7) is 0. The fraction of sp³-hybridized carbons (Fsp3) is 0.0588. The Morgan fingerprint density at radius 3 is 2.71 bits per heavy atom. The highest BCUT2D eigenvalue weighted by Crippen LogP contribution is 2.17. The van der Waals surface area contributed by atoms with Crippen LogP contribution in [-0.4, -0.2) is 22.0 Å². The normalized spacial score (nSPS) is 11.0. The summed E-state index contributed by atoms with van der Waals surface area (Å²) in [5.41, 5.74) is 5.00. The van der Waals surface area contributed by atoms with Gasteiger partial charge in [0, 0.05) is 29.2 Å². The van der Waals surface area contributed by atoms with E-state index in [1.807, 2.05) is 30.5 Å². The van der Waals surface area contributed by atoms with Crippen molar-refractivity contribution < 1.29 is 9.72 Å². The van der Waals surface area contributed by atoms with E-state index in [0.29, 0.717) is 5.56 Å². The van der Waals surface area contributed by atoms with Crippen LogP contribution >= 0.6 is 0 Å². The number of para-hydroxylation sites is 1. The Labute approximate surface area is 137 Å². The van der Waals surface area contributed by atoms with E-state index >= 15 is 0 Å². The highest BCUT2D eigenvalue weighted by Gasteiger charge is 2.07. The van der Waals surface area contributed by atoms with E-state index in [-0.39, 0.29) is 18.0 Å². The second-order valence-electron chi connectivity index (χ2n) is 5.18. The first-order valence-corrected chi connectivity index (χ1v) is 7.25. The molecule has 0 bridgehead atoms. The summed E-state index contributed by atoms with van der Waals surface area (Å²) in [7, 11) is 0. The average Bonchev–Trinajstić information content (AvgIpc) is 2.98. The molecule has 24 heavy (non-hydrogen) atoms. The van der Waals surface area contributed by atoms with Gasteiger partial charge in [0.2, 0.25) is 5.91 Å². The van der Waals surface area contributed by atoms with Gasteiger partial charge in [-0.3, -0.25) is 14.9 Å². The molecule has 0 saturated carbocycles. The van der Waals surface area contributed by atoms with Crippen LogP contribution in [-0.2, 0) is 11.2 Å². The van der Waals surface area contributed by atoms with Gasteiger partial charge in [-0.2, -0.15) is 5.10 Å². The fourth-order valence-electron chi connectivity index (χ4n) is 2.35. The summed E-state index contributed by atoms with van der Waals surface area (Å²) >= 11 is 0. The lowest BCUT2D eigenvalue weighted by Gasteiger charge is -1.99. The number of carbonyl (C=O) groups is 1. The Hall–Kier alpha value is -3.48. The van der Waals surface area contributed by atoms with Gasteiger partial charge < -0.3 is 4.98 Å². The third-order valence-corrected chi connectivity index (χ3v) is 3.53. The molecule has 0 aliphatic heterocycles. The SMILES string of the molecule is O=C(Cc1c[nH]c2ccccc12)NN=Cc1ccc([N+](=O)[O-])cc1. The van der Waals surface area contributed by atoms with E-state index in [0.717, 1.165) is 16.5 Å². The predicted octanol–water partition coefficient (Wildman–Crippen LogP) is 2.77. The molecule has 1 aromatic heterocycles. The number of aromatic nitrogens is 1. The zero-order valence-corrected chi connectivity index (χ0v) is 12.6. The molecule has 120 valence electrons. The zero-order valence-electron chi connectivity index (χ0n) is 12.6. The molecule has 2 N–H and O–H groups in total. The van der Waals surface area contributed by atoms with E-state index in [4.69, 9.17) is 0 Å². The van der Waals surface area contributed by atoms with Crippen LogP contribution in [0.15, 0.2) is 59.8 Å². The smallest absolute Gasteiger partial charge is 0.269 e. The van der Waals surface area contributed by atoms with Gasteiger partial charge in [-0.15, -0.1) is 0 Å². The third kappa shape index (κ3) is 3.46. The molecule has 0 fully saturated rings. The van der Waals surface area contributed by atoms with Crippen molar-refractivity contribution in [2.45, 2.75) is 6.42 Å². The third-order valence-electron chi connectivity index (χ3n) is 3.53. The number of nitrogens with zero attached hydrogens (tertiary/aromatic N) is 2. The van der Waals surface area contributed by atoms with E-state index < -0.39 is 4.92 Å². The second kappa shape index (κ2) is 6.74. The minimum Gasteiger partial charge on any atom is -0.361 e. The summed E-state index contributed by atoms with van der Waals surface area (Å²) in [6, 6.07) is 13.6. The second-order valence-corrected chi connectivity index (χ2v) is 5.18. The number of nitro benzene ring substituents is 1. The van der Waals surface area contributed by atoms with E-state index in [2.05, 4.69) is 15.5 Å². The van der Waals surface area contributed by atoms with Crippen LogP contribution in [0.1, 0.15) is 11.1 Å². The topological polar surface area (TPSA) is 100 Å². The minimum absolute atomic E-state index is 0.00974. The number of amides is 1. The number of benzene rings is 2. The summed E-state index contributed by atoms with van der Waals surface area (Å²) in [4.78, 5) is 25.2. The van der Waals surface area contributed by atoms with Crippen LogP contribution in [0.3, 0.4) is 0 Å². The number of hydrogen-bond acceptors (Lipinski definition) is 4. The Morgan fingerprint density at radius 1 is 1.21 bits per heavy atom. The number of nitro groups is 1. The number of fused-ring (bicyclic) bond motifs is 1. The summed E-state index contributed by atoms with van der Waals surface area (Å²) in [5, 5.41) is 15.5. The molecule has 7 heteroatoms. The number of rotatable bonds is 5. The summed E-state index contributed by atoms with van der Waals surface area (Å²) in [5.74, 6) is -0.238. The fourth-order valence-corrected chi connectivity index (χ4v) is 2.35. The first kappa shape index (κ1) is 15.4. The van der Waals surface area contributed by atoms with Crippen LogP contribution < -0.4 is 5.43 Å². The Bertz CT molecular complexity index is 913. The Morgan fingerprint density at radius 2 is 1.96 bits per heavy atom. The lowest BCUT2D eigenvalue weighted by Crippen LogP contribution is -2.19. The van der Waals surface area contributed by atoms with Crippen LogP contribution in [0.4, 0.5) is 5.69 Å². The van der Waals surface area contributed by atoms with Crippen molar-refractivity contribution in [3.05, 3.63) is 76.0 Å². The largest absolute Gasteiger partial charge is 0.361 e. The molecule has 0 aliphatic carbocycles. The van der Waals surface area contributed by atoms with Gasteiger partial charge in [-0.05, 0) is 29.3 Å². The Kier molecular flexibility index (Phi) is 4.33. The molecule has 7 nitrogen and oxygen atoms in total. The van der Waals surface area contributed by atoms with Gasteiger partial charge in [-0.25, -0.2) is 5.43 Å². The molecular weight excluding hydrogens is 308 g/mol. The molecule has 0 atom stereocenters. The first-order chi connectivity index (χ1) is 11.6. The van der Waals surface area contributed by atoms with Crippen molar-refractivity contribution in [2.75, 3.05) is 0 Å². The van der Waals surface area contributed by atoms with Crippen molar-refractivity contribution >= 4 is 28.7 Å². The summed E-state index contributed by atoms with van der Waals surface area (Å²) in [6.07, 6.45) is 3.46. The van der Waals surface area contributed by atoms with E-state index in [1.54, 1.807) is 12.1 Å². The van der Waals surface area contributed by atoms with Crippen molar-refractivity contribution in [3.63, 3.8) is 0 Å². The average molecular weight is 322 g/mol. The quantitative estimate of drug-likeness (QED) is 0.429. The standard InChI is InChI=1S/C17H14N4O3/c22-17(9-13-11-18-16-4-2-1-3-15(13)16)20-19-10-12-5-7-14(8-6-12)21(23)24/h1-8,10-11,18H,9H2,(H,20,22). The lowest BCUT2D eigenvalue weighted by atomic mass is 10.1. The van der Waals surface area contributed by atoms with Gasteiger partial charge in [0.15, 0.2) is 0 Å². The number of hydrogen-bond donors (Lipinski definition) is 2. The van der Waals surface area contributed by atoms with Crippen molar-refractivity contribution in [3.8, 4) is 0 Å². The molecule has 0 unspecified atom stereocenters. The van der Waals surface area contributed by atoms with Crippen molar-refractivity contribution in [1.29, 1.82) is 0 Å². The lowest BCUT2D eigenvalue weighted by molar-refractivity contribution is -0.384. The minimum atomic E-state index is -0.468. The molecule has 0 saturated heterocycles. The van der Waals surface area contributed by atoms with Gasteiger partial charge >= 0.3 is 0 Å². The van der Waals surface area contributed by atoms with Crippen molar-refractivity contribution in [2.24, 2.45) is 5.10 Å². The molecule has 2 aromatic carbocycles. The van der Waals surface area contributed by atoms with E-state index in [9.17, 15) is 14.9 Å². The maximum atomic E-state index is 12.0. The first-order valence-electron chi connectivity index (χ1n) is 7.25. The van der Waals surface area contributed by atoms with Gasteiger partial charge in [-0.1, -0.05) is 18.2 Å². The number of H-pyrrole nitrogens is 1. The highest BCUT2D eigenvalue weighted by molar-refractivity contribution is 5.89. The number of non-ortho nitro benzene ring substituents is 1. The number of carbonyl (C=O) groups excluding carboxylic acids is 1. The number of aromatic amines is 1. The molecule has 0 spiro atoms. The van der Waals surface area contributed by atoms with Crippen LogP contribution in [0.2, 0.25) is 0 Å². The van der Waals surface area contributed by atoms with Crippen molar-refractivity contribution in [1.82, 2.24) is 10.4 Å². The molecule has 3 aromatic rings. The molecule has 1 amide bonds. The molecular formula is C17H14N4O3. The number of hydrazone groups is 1. The van der Waals surface area contributed by atoms with E-state index in [1.165, 1.54) is 18.3 Å². The van der Waals surface area contributed by atoms with Crippen LogP contribution in [0.5, 0.6) is 0 Å². The number of nitrogens with one attached hydrogen (secondary N) is 2. The maximum Gasteiger partial charge on any atom is 0.269 e. The molecule has 0 radical (unpaired) electrons. The van der Waals surface area contributed by atoms with Gasteiger partial charge in [0.1, 0.15) is 0 Å². The highest BCUT2D eigenvalue weighted by atomic mass is 16.6. The van der Waals surface area contributed by atoms with Gasteiger partial charge in [0.25, 0.3) is 5.69 Å². The van der Waals surface area contributed by atoms with Gasteiger partial charge in [0.05, 0.1) is 17.6 Å². The molecule has 3 rings (SSSR count). The maximum absolute atomic E-state index is 12.0. The molecule has 0 aliphatic rings. The zero-order chi connectivity index (χ0) is 16.9. The van der Waals surface area contributed by atoms with Crippen LogP contribution in [0.25, 0.3) is 10.9 Å². The monoisotopic (exact) mass is 322 g/mol. The summed E-state index contributed by atoms with van der Waals surface area (Å²) < 4.78 is 0. The Balaban J connectivity index is 1.60. The van der Waals surface area contributed by atoms with Crippen LogP contribution in [0, 0.1) is 10.1 Å². The molecule has 1 heterocycles. The predicted molar refractivity (Wildman–Crippen MR) is 90.8 cm³/mol.